The second-order valence-electron chi connectivity index (χ2n) is 3.63. The van der Waals surface area contributed by atoms with Crippen LogP contribution in [0.25, 0.3) is 10.9 Å². The molecule has 1 unspecified atom stereocenters. The van der Waals surface area contributed by atoms with Gasteiger partial charge in [-0.25, -0.2) is 9.79 Å². The molecule has 0 aliphatic carbocycles. The lowest BCUT2D eigenvalue weighted by Crippen LogP contribution is -2.01. The number of para-hydroxylation sites is 1. The van der Waals surface area contributed by atoms with E-state index in [1.54, 1.807) is 6.08 Å². The van der Waals surface area contributed by atoms with E-state index in [1.165, 1.54) is 10.9 Å². The average molecular weight is 200 g/mol. The van der Waals surface area contributed by atoms with Crippen LogP contribution in [0.15, 0.2) is 35.5 Å². The summed E-state index contributed by atoms with van der Waals surface area (Å²) in [5.41, 5.74) is 2.31. The number of carbonyl (C=O) groups excluding carboxylic acids is 1. The molecule has 0 aliphatic rings. The monoisotopic (exact) mass is 200 g/mol. The van der Waals surface area contributed by atoms with Crippen LogP contribution in [0.2, 0.25) is 0 Å². The van der Waals surface area contributed by atoms with Crippen LogP contribution >= 0.6 is 0 Å². The molecule has 0 radical (unpaired) electrons. The van der Waals surface area contributed by atoms with E-state index in [9.17, 15) is 4.79 Å². The zero-order chi connectivity index (χ0) is 10.7. The third-order valence-electron chi connectivity index (χ3n) is 2.46. The minimum Gasteiger partial charge on any atom is -0.361 e. The Morgan fingerprint density at radius 1 is 1.47 bits per heavy atom. The molecule has 1 atom stereocenters. The van der Waals surface area contributed by atoms with Crippen molar-refractivity contribution in [2.24, 2.45) is 4.99 Å². The van der Waals surface area contributed by atoms with Crippen molar-refractivity contribution in [1.29, 1.82) is 0 Å². The molecule has 0 fully saturated rings. The minimum atomic E-state index is -0.0123. The molecule has 1 aromatic carbocycles. The lowest BCUT2D eigenvalue weighted by molar-refractivity contribution is 0.558. The normalized spacial score (nSPS) is 12.3. The van der Waals surface area contributed by atoms with E-state index >= 15 is 0 Å². The van der Waals surface area contributed by atoms with Gasteiger partial charge in [0.25, 0.3) is 0 Å². The number of nitrogens with zero attached hydrogens (tertiary/aromatic N) is 1. The van der Waals surface area contributed by atoms with E-state index in [4.69, 9.17) is 0 Å². The van der Waals surface area contributed by atoms with E-state index < -0.39 is 0 Å². The standard InChI is InChI=1S/C12H12N2O/c1-9(14-8-15)6-10-7-13-12-5-3-2-4-11(10)12/h2-5,7,9,13H,6H2,1H3. The molecule has 0 amide bonds. The maximum Gasteiger partial charge on any atom is 0.235 e. The number of benzene rings is 1. The second-order valence-corrected chi connectivity index (χ2v) is 3.63. The number of aliphatic imine (C=N–C) groups is 1. The average Bonchev–Trinajstić information content (AvgIpc) is 2.62. The van der Waals surface area contributed by atoms with Crippen LogP contribution in [0, 0.1) is 0 Å². The van der Waals surface area contributed by atoms with E-state index in [1.807, 2.05) is 31.3 Å². The number of hydrogen-bond acceptors (Lipinski definition) is 2. The van der Waals surface area contributed by atoms with E-state index in [0.717, 1.165) is 11.9 Å². The van der Waals surface area contributed by atoms with Crippen LogP contribution < -0.4 is 0 Å². The fourth-order valence-electron chi connectivity index (χ4n) is 1.75. The zero-order valence-electron chi connectivity index (χ0n) is 8.53. The molecule has 3 heteroatoms. The Hall–Kier alpha value is -1.86. The molecule has 0 spiro atoms. The largest absolute Gasteiger partial charge is 0.361 e. The van der Waals surface area contributed by atoms with Gasteiger partial charge in [-0.05, 0) is 25.0 Å². The fourth-order valence-corrected chi connectivity index (χ4v) is 1.75. The van der Waals surface area contributed by atoms with Gasteiger partial charge in [-0.1, -0.05) is 18.2 Å². The van der Waals surface area contributed by atoms with Gasteiger partial charge in [0.2, 0.25) is 6.08 Å². The van der Waals surface area contributed by atoms with Crippen molar-refractivity contribution in [2.75, 3.05) is 0 Å². The summed E-state index contributed by atoms with van der Waals surface area (Å²) in [5, 5.41) is 1.20. The first-order chi connectivity index (χ1) is 7.31. The first kappa shape index (κ1) is 9.69. The Morgan fingerprint density at radius 3 is 3.07 bits per heavy atom. The third-order valence-corrected chi connectivity index (χ3v) is 2.46. The van der Waals surface area contributed by atoms with Gasteiger partial charge in [0.1, 0.15) is 0 Å². The fraction of sp³-hybridized carbons (Fsp3) is 0.250. The molecule has 76 valence electrons. The van der Waals surface area contributed by atoms with E-state index in [-0.39, 0.29) is 6.04 Å². The van der Waals surface area contributed by atoms with Crippen molar-refractivity contribution in [3.63, 3.8) is 0 Å². The molecule has 1 heterocycles. The highest BCUT2D eigenvalue weighted by Gasteiger charge is 2.06. The van der Waals surface area contributed by atoms with Crippen molar-refractivity contribution in [1.82, 2.24) is 4.98 Å². The maximum absolute atomic E-state index is 10.1. The Kier molecular flexibility index (Phi) is 2.66. The number of aromatic amines is 1. The molecular weight excluding hydrogens is 188 g/mol. The summed E-state index contributed by atoms with van der Waals surface area (Å²) in [6.07, 6.45) is 4.33. The summed E-state index contributed by atoms with van der Waals surface area (Å²) in [4.78, 5) is 17.0. The lowest BCUT2D eigenvalue weighted by atomic mass is 10.1. The first-order valence-electron chi connectivity index (χ1n) is 4.93. The van der Waals surface area contributed by atoms with Gasteiger partial charge < -0.3 is 4.98 Å². The summed E-state index contributed by atoms with van der Waals surface area (Å²) in [7, 11) is 0. The van der Waals surface area contributed by atoms with Gasteiger partial charge in [0.05, 0.1) is 6.04 Å². The predicted octanol–water partition coefficient (Wildman–Crippen LogP) is 2.43. The van der Waals surface area contributed by atoms with Crippen molar-refractivity contribution in [2.45, 2.75) is 19.4 Å². The molecule has 2 rings (SSSR count). The van der Waals surface area contributed by atoms with E-state index in [0.29, 0.717) is 0 Å². The molecular formula is C12H12N2O. The number of rotatable bonds is 3. The van der Waals surface area contributed by atoms with Crippen molar-refractivity contribution in [3.8, 4) is 0 Å². The second kappa shape index (κ2) is 4.11. The molecule has 0 bridgehead atoms. The third kappa shape index (κ3) is 1.97. The van der Waals surface area contributed by atoms with Crippen molar-refractivity contribution >= 4 is 17.0 Å². The molecule has 0 saturated carbocycles. The van der Waals surface area contributed by atoms with Crippen LogP contribution in [0.1, 0.15) is 12.5 Å². The Labute approximate surface area is 87.8 Å². The smallest absolute Gasteiger partial charge is 0.235 e. The predicted molar refractivity (Wildman–Crippen MR) is 59.6 cm³/mol. The van der Waals surface area contributed by atoms with Crippen LogP contribution in [0.5, 0.6) is 0 Å². The van der Waals surface area contributed by atoms with Crippen LogP contribution in [0.4, 0.5) is 0 Å². The molecule has 15 heavy (non-hydrogen) atoms. The molecule has 1 N–H and O–H groups in total. The molecule has 2 aromatic rings. The number of fused-ring (bicyclic) bond motifs is 1. The van der Waals surface area contributed by atoms with Crippen LogP contribution in [-0.2, 0) is 11.2 Å². The van der Waals surface area contributed by atoms with Gasteiger partial charge >= 0.3 is 0 Å². The number of nitrogens with one attached hydrogen (secondary N) is 1. The van der Waals surface area contributed by atoms with Gasteiger partial charge in [-0.2, -0.15) is 0 Å². The summed E-state index contributed by atoms with van der Waals surface area (Å²) in [6.45, 7) is 1.91. The highest BCUT2D eigenvalue weighted by molar-refractivity contribution is 5.83. The van der Waals surface area contributed by atoms with Crippen LogP contribution in [0.3, 0.4) is 0 Å². The molecule has 0 saturated heterocycles. The minimum absolute atomic E-state index is 0.0123. The van der Waals surface area contributed by atoms with Crippen molar-refractivity contribution < 1.29 is 4.79 Å². The van der Waals surface area contributed by atoms with Gasteiger partial charge in [-0.3, -0.25) is 0 Å². The zero-order valence-corrected chi connectivity index (χ0v) is 8.53. The molecule has 3 nitrogen and oxygen atoms in total. The highest BCUT2D eigenvalue weighted by Crippen LogP contribution is 2.19. The Balaban J connectivity index is 2.32. The summed E-state index contributed by atoms with van der Waals surface area (Å²) in [6, 6.07) is 8.09. The first-order valence-corrected chi connectivity index (χ1v) is 4.93. The van der Waals surface area contributed by atoms with Gasteiger partial charge in [0.15, 0.2) is 0 Å². The lowest BCUT2D eigenvalue weighted by Gasteiger charge is -2.01. The number of isocyanates is 1. The van der Waals surface area contributed by atoms with Gasteiger partial charge in [-0.15, -0.1) is 0 Å². The van der Waals surface area contributed by atoms with Crippen molar-refractivity contribution in [3.05, 3.63) is 36.0 Å². The van der Waals surface area contributed by atoms with Crippen LogP contribution in [-0.4, -0.2) is 17.1 Å². The molecule has 1 aromatic heterocycles. The molecule has 0 aliphatic heterocycles. The summed E-state index contributed by atoms with van der Waals surface area (Å²) in [5.74, 6) is 0. The number of aromatic nitrogens is 1. The highest BCUT2D eigenvalue weighted by atomic mass is 16.1. The summed E-state index contributed by atoms with van der Waals surface area (Å²) < 4.78 is 0. The van der Waals surface area contributed by atoms with Gasteiger partial charge in [0, 0.05) is 17.1 Å². The Bertz CT molecular complexity index is 509. The maximum atomic E-state index is 10.1. The Morgan fingerprint density at radius 2 is 2.27 bits per heavy atom. The number of hydrogen-bond donors (Lipinski definition) is 1. The quantitative estimate of drug-likeness (QED) is 0.600. The van der Waals surface area contributed by atoms with E-state index in [2.05, 4.69) is 16.0 Å². The summed E-state index contributed by atoms with van der Waals surface area (Å²) >= 11 is 0. The number of H-pyrrole nitrogens is 1. The topological polar surface area (TPSA) is 45.2 Å². The SMILES string of the molecule is CC(Cc1c[nH]c2ccccc12)N=C=O.